The van der Waals surface area contributed by atoms with Crippen molar-refractivity contribution in [1.29, 1.82) is 5.26 Å². The first-order chi connectivity index (χ1) is 26.7. The molecule has 54 heavy (non-hydrogen) atoms. The Morgan fingerprint density at radius 3 is 1.81 bits per heavy atom. The van der Waals surface area contributed by atoms with Crippen LogP contribution in [0, 0.1) is 11.3 Å². The number of rotatable bonds is 6. The monoisotopic (exact) mass is 690 g/mol. The number of hydrogen-bond donors (Lipinski definition) is 1. The van der Waals surface area contributed by atoms with Gasteiger partial charge in [-0.15, -0.1) is 0 Å². The van der Waals surface area contributed by atoms with Crippen LogP contribution < -0.4 is 5.32 Å². The Morgan fingerprint density at radius 2 is 1.11 bits per heavy atom. The zero-order chi connectivity index (χ0) is 36.0. The first-order valence-corrected chi connectivity index (χ1v) is 18.5. The smallest absolute Gasteiger partial charge is 0.159 e. The molecule has 1 atom stereocenters. The summed E-state index contributed by atoms with van der Waals surface area (Å²) in [6.45, 7) is 0. The highest BCUT2D eigenvalue weighted by molar-refractivity contribution is 6.21. The molecule has 2 aliphatic carbocycles. The Morgan fingerprint density at radius 1 is 0.500 bits per heavy atom. The van der Waals surface area contributed by atoms with Gasteiger partial charge in [0, 0.05) is 16.7 Å². The molecular weight excluding hydrogens is 657 g/mol. The molecule has 4 nitrogen and oxygen atoms in total. The summed E-state index contributed by atoms with van der Waals surface area (Å²) < 4.78 is 0. The van der Waals surface area contributed by atoms with E-state index in [1.54, 1.807) is 0 Å². The van der Waals surface area contributed by atoms with Gasteiger partial charge in [-0.1, -0.05) is 158 Å². The van der Waals surface area contributed by atoms with Gasteiger partial charge in [-0.3, -0.25) is 0 Å². The van der Waals surface area contributed by atoms with E-state index in [0.717, 1.165) is 52.1 Å². The number of amidine groups is 2. The molecule has 0 radical (unpaired) electrons. The molecule has 0 fully saturated rings. The van der Waals surface area contributed by atoms with Crippen molar-refractivity contribution in [3.63, 3.8) is 0 Å². The quantitative estimate of drug-likeness (QED) is 0.189. The lowest BCUT2D eigenvalue weighted by Gasteiger charge is -2.24. The van der Waals surface area contributed by atoms with Gasteiger partial charge in [-0.2, -0.15) is 5.26 Å². The second-order valence-electron chi connectivity index (χ2n) is 14.0. The van der Waals surface area contributed by atoms with Crippen LogP contribution in [0.1, 0.15) is 41.3 Å². The van der Waals surface area contributed by atoms with Crippen molar-refractivity contribution in [3.05, 3.63) is 198 Å². The van der Waals surface area contributed by atoms with Gasteiger partial charge in [0.15, 0.2) is 5.84 Å². The molecule has 7 aromatic carbocycles. The lowest BCUT2D eigenvalue weighted by molar-refractivity contribution is 0.674. The minimum absolute atomic E-state index is 0.249. The third kappa shape index (κ3) is 5.46. The van der Waals surface area contributed by atoms with Gasteiger partial charge in [-0.05, 0) is 97.0 Å². The number of fused-ring (bicyclic) bond motifs is 3. The largest absolute Gasteiger partial charge is 0.344 e. The maximum atomic E-state index is 9.53. The van der Waals surface area contributed by atoms with Crippen molar-refractivity contribution in [3.8, 4) is 50.6 Å². The van der Waals surface area contributed by atoms with Crippen molar-refractivity contribution >= 4 is 28.0 Å². The molecule has 0 saturated carbocycles. The van der Waals surface area contributed by atoms with Gasteiger partial charge in [0.25, 0.3) is 0 Å². The molecule has 1 aliphatic heterocycles. The van der Waals surface area contributed by atoms with Crippen molar-refractivity contribution in [1.82, 2.24) is 5.32 Å². The summed E-state index contributed by atoms with van der Waals surface area (Å²) in [4.78, 5) is 10.0. The van der Waals surface area contributed by atoms with Crippen LogP contribution in [0.15, 0.2) is 185 Å². The number of nitrogens with zero attached hydrogens (tertiary/aromatic N) is 3. The van der Waals surface area contributed by atoms with E-state index in [9.17, 15) is 5.26 Å². The predicted molar refractivity (Wildman–Crippen MR) is 222 cm³/mol. The molecule has 7 aromatic rings. The van der Waals surface area contributed by atoms with Crippen molar-refractivity contribution < 1.29 is 0 Å². The zero-order valence-corrected chi connectivity index (χ0v) is 29.5. The maximum Gasteiger partial charge on any atom is 0.159 e. The molecular formula is C50H34N4. The molecule has 254 valence electrons. The molecule has 0 saturated heterocycles. The predicted octanol–water partition coefficient (Wildman–Crippen LogP) is 11.9. The fourth-order valence-corrected chi connectivity index (χ4v) is 8.17. The highest BCUT2D eigenvalue weighted by Crippen LogP contribution is 2.51. The summed E-state index contributed by atoms with van der Waals surface area (Å²) >= 11 is 0. The van der Waals surface area contributed by atoms with Crippen molar-refractivity contribution in [2.45, 2.75) is 19.0 Å². The van der Waals surface area contributed by atoms with Crippen LogP contribution >= 0.6 is 0 Å². The molecule has 1 N–H and O–H groups in total. The molecule has 10 rings (SSSR count). The molecule has 0 spiro atoms. The molecule has 0 amide bonds. The number of nitrogens with one attached hydrogen (secondary N) is 1. The van der Waals surface area contributed by atoms with Gasteiger partial charge in [0.1, 0.15) is 12.0 Å². The SMILES string of the molecule is N#CC1=CC=C(c2ccc3c4c(ccc(-c5ccc(-c6cccc(C7=NC(c8ccccc8)=NC(c8ccccc8)N7)c6)cc5)c24)-c2ccccc2-3)CC1. The highest BCUT2D eigenvalue weighted by atomic mass is 15.2. The average molecular weight is 691 g/mol. The van der Waals surface area contributed by atoms with Crippen molar-refractivity contribution in [2.24, 2.45) is 9.98 Å². The minimum atomic E-state index is -0.249. The standard InChI is InChI=1S/C50H34N4/c51-31-32-18-20-34(21-19-32)40-26-28-44-42-16-7-8-17-43(42)45-29-27-41(46(40)47(44)45)35-24-22-33(23-25-35)38-14-9-15-39(30-38)50-53-48(36-10-3-1-4-11-36)52-49(54-50)37-12-5-2-6-13-37/h1-18,20,22-30,48H,19,21H2,(H,52,53,54). The van der Waals surface area contributed by atoms with Crippen LogP contribution in [-0.2, 0) is 0 Å². The van der Waals surface area contributed by atoms with E-state index >= 15 is 0 Å². The van der Waals surface area contributed by atoms with Gasteiger partial charge in [0.05, 0.1) is 6.07 Å². The van der Waals surface area contributed by atoms with E-state index in [-0.39, 0.29) is 6.17 Å². The van der Waals surface area contributed by atoms with E-state index < -0.39 is 0 Å². The van der Waals surface area contributed by atoms with E-state index in [2.05, 4.69) is 139 Å². The van der Waals surface area contributed by atoms with E-state index in [1.807, 2.05) is 42.5 Å². The van der Waals surface area contributed by atoms with Crippen molar-refractivity contribution in [2.75, 3.05) is 0 Å². The fraction of sp³-hybridized carbons (Fsp3) is 0.0600. The Balaban J connectivity index is 1.04. The molecule has 1 heterocycles. The Kier molecular flexibility index (Phi) is 7.70. The maximum absolute atomic E-state index is 9.53. The van der Waals surface area contributed by atoms with Crippen LogP contribution in [-0.4, -0.2) is 11.7 Å². The Bertz CT molecular complexity index is 2750. The summed E-state index contributed by atoms with van der Waals surface area (Å²) in [5.41, 5.74) is 16.2. The lowest BCUT2D eigenvalue weighted by atomic mass is 9.85. The summed E-state index contributed by atoms with van der Waals surface area (Å²) in [7, 11) is 0. The number of allylic oxidation sites excluding steroid dienone is 4. The molecule has 1 unspecified atom stereocenters. The zero-order valence-electron chi connectivity index (χ0n) is 29.5. The fourth-order valence-electron chi connectivity index (χ4n) is 8.17. The number of benzene rings is 7. The summed E-state index contributed by atoms with van der Waals surface area (Å²) in [6.07, 6.45) is 5.51. The van der Waals surface area contributed by atoms with Gasteiger partial charge < -0.3 is 5.32 Å². The third-order valence-electron chi connectivity index (χ3n) is 10.9. The normalized spacial score (nSPS) is 15.6. The number of aliphatic imine (C=N–C) groups is 2. The average Bonchev–Trinajstić information content (AvgIpc) is 3.59. The lowest BCUT2D eigenvalue weighted by Crippen LogP contribution is -2.33. The molecule has 4 heteroatoms. The van der Waals surface area contributed by atoms with Gasteiger partial charge in [-0.25, -0.2) is 9.98 Å². The highest BCUT2D eigenvalue weighted by Gasteiger charge is 2.26. The third-order valence-corrected chi connectivity index (χ3v) is 10.9. The second-order valence-corrected chi connectivity index (χ2v) is 14.0. The Hall–Kier alpha value is -7.09. The first-order valence-electron chi connectivity index (χ1n) is 18.5. The second kappa shape index (κ2) is 13.2. The first kappa shape index (κ1) is 31.6. The van der Waals surface area contributed by atoms with E-state index in [1.165, 1.54) is 55.3 Å². The number of hydrogen-bond acceptors (Lipinski definition) is 4. The van der Waals surface area contributed by atoms with Crippen LogP contribution in [0.5, 0.6) is 0 Å². The van der Waals surface area contributed by atoms with E-state index in [0.29, 0.717) is 5.84 Å². The summed E-state index contributed by atoms with van der Waals surface area (Å²) in [6, 6.07) is 58.3. The number of nitriles is 1. The topological polar surface area (TPSA) is 60.5 Å². The van der Waals surface area contributed by atoms with Gasteiger partial charge >= 0.3 is 0 Å². The molecule has 3 aliphatic rings. The van der Waals surface area contributed by atoms with Gasteiger partial charge in [0.2, 0.25) is 0 Å². The van der Waals surface area contributed by atoms with E-state index in [4.69, 9.17) is 9.98 Å². The minimum Gasteiger partial charge on any atom is -0.344 e. The summed E-state index contributed by atoms with van der Waals surface area (Å²) in [5.74, 6) is 1.51. The van der Waals surface area contributed by atoms with Crippen LogP contribution in [0.4, 0.5) is 0 Å². The van der Waals surface area contributed by atoms with Crippen LogP contribution in [0.2, 0.25) is 0 Å². The molecule has 0 bridgehead atoms. The van der Waals surface area contributed by atoms with Crippen LogP contribution in [0.3, 0.4) is 0 Å². The Labute approximate surface area is 314 Å². The molecule has 0 aromatic heterocycles. The summed E-state index contributed by atoms with van der Waals surface area (Å²) in [5, 5.41) is 15.7. The van der Waals surface area contributed by atoms with Crippen LogP contribution in [0.25, 0.3) is 60.9 Å².